The van der Waals surface area contributed by atoms with Crippen molar-refractivity contribution >= 4 is 29.3 Å². The molecule has 1 aliphatic heterocycles. The molecule has 2 aromatic carbocycles. The molecule has 0 radical (unpaired) electrons. The second-order valence-corrected chi connectivity index (χ2v) is 7.64. The lowest BCUT2D eigenvalue weighted by Crippen LogP contribution is -2.37. The number of nitrogens with zero attached hydrogens (tertiary/aromatic N) is 2. The summed E-state index contributed by atoms with van der Waals surface area (Å²) in [6.45, 7) is 4.17. The van der Waals surface area contributed by atoms with Crippen LogP contribution in [0.1, 0.15) is 37.0 Å². The molecule has 3 rings (SSSR count). The minimum atomic E-state index is -1.09. The Labute approximate surface area is 203 Å². The van der Waals surface area contributed by atoms with Crippen LogP contribution >= 0.6 is 0 Å². The summed E-state index contributed by atoms with van der Waals surface area (Å²) in [6.07, 6.45) is 1.53. The maximum atomic E-state index is 13.0. The molecule has 0 saturated carbocycles. The molecule has 0 atom stereocenters. The Balaban J connectivity index is 1.84. The van der Waals surface area contributed by atoms with Gasteiger partial charge in [-0.25, -0.2) is 14.6 Å². The van der Waals surface area contributed by atoms with Crippen LogP contribution in [-0.2, 0) is 9.59 Å². The molecule has 1 heterocycles. The SMILES string of the molecule is CCCOc1ccc(N2C(=O)C(=O)N(CC(=O)c3ccc(OC)c(OC)c3)C2=O)cc1OCCC. The van der Waals surface area contributed by atoms with Crippen LogP contribution in [0.4, 0.5) is 10.5 Å². The first-order valence-corrected chi connectivity index (χ1v) is 11.2. The molecule has 0 unspecified atom stereocenters. The number of anilines is 1. The predicted octanol–water partition coefficient (Wildman–Crippen LogP) is 3.46. The van der Waals surface area contributed by atoms with Gasteiger partial charge in [-0.15, -0.1) is 0 Å². The van der Waals surface area contributed by atoms with Crippen molar-refractivity contribution in [2.75, 3.05) is 38.9 Å². The average molecular weight is 485 g/mol. The largest absolute Gasteiger partial charge is 0.493 e. The molecule has 0 aliphatic carbocycles. The molecule has 2 aromatic rings. The average Bonchev–Trinajstić information content (AvgIpc) is 3.08. The third kappa shape index (κ3) is 5.37. The summed E-state index contributed by atoms with van der Waals surface area (Å²) >= 11 is 0. The van der Waals surface area contributed by atoms with Crippen LogP contribution in [0.2, 0.25) is 0 Å². The number of ketones is 1. The quantitative estimate of drug-likeness (QED) is 0.256. The normalized spacial score (nSPS) is 13.3. The molecule has 10 heteroatoms. The molecule has 0 bridgehead atoms. The zero-order chi connectivity index (χ0) is 25.5. The number of hydrogen-bond donors (Lipinski definition) is 0. The van der Waals surface area contributed by atoms with Crippen LogP contribution in [0, 0.1) is 0 Å². The first-order valence-electron chi connectivity index (χ1n) is 11.2. The molecule has 1 fully saturated rings. The van der Waals surface area contributed by atoms with Gasteiger partial charge in [-0.05, 0) is 43.2 Å². The summed E-state index contributed by atoms with van der Waals surface area (Å²) in [4.78, 5) is 52.5. The number of imide groups is 2. The minimum absolute atomic E-state index is 0.143. The Hall–Kier alpha value is -4.08. The number of hydrogen-bond acceptors (Lipinski definition) is 8. The number of rotatable bonds is 12. The van der Waals surface area contributed by atoms with Gasteiger partial charge in [-0.1, -0.05) is 13.8 Å². The summed E-state index contributed by atoms with van der Waals surface area (Å²) in [5.41, 5.74) is 0.339. The highest BCUT2D eigenvalue weighted by molar-refractivity contribution is 6.53. The maximum absolute atomic E-state index is 13.0. The molecular formula is C25H28N2O8. The van der Waals surface area contributed by atoms with E-state index in [1.165, 1.54) is 44.6 Å². The summed E-state index contributed by atoms with van der Waals surface area (Å²) in [6, 6.07) is 8.10. The van der Waals surface area contributed by atoms with Gasteiger partial charge in [0, 0.05) is 11.6 Å². The lowest BCUT2D eigenvalue weighted by atomic mass is 10.1. The van der Waals surface area contributed by atoms with E-state index in [0.29, 0.717) is 41.1 Å². The second-order valence-electron chi connectivity index (χ2n) is 7.64. The van der Waals surface area contributed by atoms with Crippen molar-refractivity contribution in [3.63, 3.8) is 0 Å². The van der Waals surface area contributed by atoms with E-state index in [0.717, 1.165) is 17.7 Å². The van der Waals surface area contributed by atoms with Crippen LogP contribution < -0.4 is 23.8 Å². The van der Waals surface area contributed by atoms with Crippen molar-refractivity contribution in [2.24, 2.45) is 0 Å². The Bertz CT molecular complexity index is 1130. The van der Waals surface area contributed by atoms with Gasteiger partial charge in [0.1, 0.15) is 0 Å². The highest BCUT2D eigenvalue weighted by Gasteiger charge is 2.46. The van der Waals surface area contributed by atoms with Gasteiger partial charge in [0.2, 0.25) is 0 Å². The molecule has 0 spiro atoms. The van der Waals surface area contributed by atoms with Crippen LogP contribution in [-0.4, -0.2) is 62.5 Å². The fourth-order valence-electron chi connectivity index (χ4n) is 3.41. The molecule has 1 saturated heterocycles. The van der Waals surface area contributed by atoms with Gasteiger partial charge in [0.05, 0.1) is 39.7 Å². The van der Waals surface area contributed by atoms with E-state index in [9.17, 15) is 19.2 Å². The Morgan fingerprint density at radius 2 is 1.40 bits per heavy atom. The van der Waals surface area contributed by atoms with E-state index in [4.69, 9.17) is 18.9 Å². The molecule has 4 amide bonds. The minimum Gasteiger partial charge on any atom is -0.493 e. The number of methoxy groups -OCH3 is 2. The van der Waals surface area contributed by atoms with Crippen LogP contribution in [0.15, 0.2) is 36.4 Å². The highest BCUT2D eigenvalue weighted by Crippen LogP contribution is 2.34. The summed E-state index contributed by atoms with van der Waals surface area (Å²) < 4.78 is 21.8. The predicted molar refractivity (Wildman–Crippen MR) is 126 cm³/mol. The van der Waals surface area contributed by atoms with Gasteiger partial charge < -0.3 is 18.9 Å². The van der Waals surface area contributed by atoms with E-state index in [-0.39, 0.29) is 11.3 Å². The Morgan fingerprint density at radius 3 is 2.03 bits per heavy atom. The molecule has 1 aliphatic rings. The molecular weight excluding hydrogens is 456 g/mol. The number of urea groups is 1. The van der Waals surface area contributed by atoms with E-state index < -0.39 is 30.2 Å². The number of Topliss-reactive ketones (excluding diaryl/α,β-unsaturated/α-hetero) is 1. The van der Waals surface area contributed by atoms with E-state index >= 15 is 0 Å². The summed E-state index contributed by atoms with van der Waals surface area (Å²) in [5, 5.41) is 0. The zero-order valence-electron chi connectivity index (χ0n) is 20.2. The van der Waals surface area contributed by atoms with Crippen molar-refractivity contribution in [1.82, 2.24) is 4.90 Å². The van der Waals surface area contributed by atoms with Crippen LogP contribution in [0.5, 0.6) is 23.0 Å². The van der Waals surface area contributed by atoms with Gasteiger partial charge in [0.15, 0.2) is 28.8 Å². The molecule has 186 valence electrons. The van der Waals surface area contributed by atoms with Crippen molar-refractivity contribution in [1.29, 1.82) is 0 Å². The van der Waals surface area contributed by atoms with Crippen LogP contribution in [0.3, 0.4) is 0 Å². The first kappa shape index (κ1) is 25.5. The smallest absolute Gasteiger partial charge is 0.339 e. The van der Waals surface area contributed by atoms with Gasteiger partial charge in [0.25, 0.3) is 0 Å². The third-order valence-corrected chi connectivity index (χ3v) is 5.17. The van der Waals surface area contributed by atoms with E-state index in [2.05, 4.69) is 0 Å². The number of ether oxygens (including phenoxy) is 4. The number of amides is 4. The van der Waals surface area contributed by atoms with Gasteiger partial charge >= 0.3 is 17.8 Å². The Kier molecular flexibility index (Phi) is 8.30. The number of carbonyl (C=O) groups excluding carboxylic acids is 4. The zero-order valence-corrected chi connectivity index (χ0v) is 20.2. The lowest BCUT2D eigenvalue weighted by Gasteiger charge is -2.18. The second kappa shape index (κ2) is 11.4. The maximum Gasteiger partial charge on any atom is 0.339 e. The molecule has 0 N–H and O–H groups in total. The summed E-state index contributed by atoms with van der Waals surface area (Å²) in [7, 11) is 2.88. The van der Waals surface area contributed by atoms with Gasteiger partial charge in [-0.2, -0.15) is 0 Å². The van der Waals surface area contributed by atoms with Crippen molar-refractivity contribution in [3.8, 4) is 23.0 Å². The molecule has 35 heavy (non-hydrogen) atoms. The topological polar surface area (TPSA) is 112 Å². The molecule has 10 nitrogen and oxygen atoms in total. The van der Waals surface area contributed by atoms with Crippen molar-refractivity contribution in [2.45, 2.75) is 26.7 Å². The van der Waals surface area contributed by atoms with Crippen LogP contribution in [0.25, 0.3) is 0 Å². The van der Waals surface area contributed by atoms with Crippen molar-refractivity contribution < 1.29 is 38.1 Å². The fraction of sp³-hybridized carbons (Fsp3) is 0.360. The summed E-state index contributed by atoms with van der Waals surface area (Å²) in [5.74, 6) is -1.13. The number of carbonyl (C=O) groups is 4. The third-order valence-electron chi connectivity index (χ3n) is 5.17. The first-order chi connectivity index (χ1) is 16.9. The number of benzene rings is 2. The van der Waals surface area contributed by atoms with Gasteiger partial charge in [-0.3, -0.25) is 14.4 Å². The lowest BCUT2D eigenvalue weighted by molar-refractivity contribution is -0.139. The fourth-order valence-corrected chi connectivity index (χ4v) is 3.41. The molecule has 0 aromatic heterocycles. The highest BCUT2D eigenvalue weighted by atomic mass is 16.5. The van der Waals surface area contributed by atoms with E-state index in [1.54, 1.807) is 6.07 Å². The monoisotopic (exact) mass is 484 g/mol. The van der Waals surface area contributed by atoms with Crippen molar-refractivity contribution in [3.05, 3.63) is 42.0 Å². The Morgan fingerprint density at radius 1 is 0.771 bits per heavy atom. The standard InChI is InChI=1S/C25H28N2O8/c1-5-11-34-20-10-8-17(14-22(20)35-12-6-2)27-24(30)23(29)26(25(27)31)15-18(28)16-7-9-19(32-3)21(13-16)33-4/h7-10,13-14H,5-6,11-12,15H2,1-4H3. The van der Waals surface area contributed by atoms with E-state index in [1.807, 2.05) is 13.8 Å².